The van der Waals surface area contributed by atoms with Gasteiger partial charge in [-0.25, -0.2) is 4.98 Å². The molecule has 4 heteroatoms. The van der Waals surface area contributed by atoms with Gasteiger partial charge in [0.1, 0.15) is 0 Å². The normalized spacial score (nSPS) is 11.1. The molecule has 3 rings (SSSR count). The van der Waals surface area contributed by atoms with Gasteiger partial charge in [0.25, 0.3) is 0 Å². The van der Waals surface area contributed by atoms with Gasteiger partial charge in [-0.1, -0.05) is 6.07 Å². The van der Waals surface area contributed by atoms with Gasteiger partial charge < -0.3 is 10.2 Å². The molecular formula is C15H15N3O. The van der Waals surface area contributed by atoms with Gasteiger partial charge in [-0.3, -0.25) is 0 Å². The van der Waals surface area contributed by atoms with Crippen molar-refractivity contribution in [2.75, 3.05) is 5.73 Å². The summed E-state index contributed by atoms with van der Waals surface area (Å²) >= 11 is 0. The second-order valence-electron chi connectivity index (χ2n) is 4.84. The van der Waals surface area contributed by atoms with Crippen LogP contribution in [-0.4, -0.2) is 9.97 Å². The van der Waals surface area contributed by atoms with Gasteiger partial charge in [0.2, 0.25) is 5.89 Å². The summed E-state index contributed by atoms with van der Waals surface area (Å²) in [5.41, 5.74) is 12.0. The molecule has 0 bridgehead atoms. The molecule has 0 aliphatic heterocycles. The number of anilines is 1. The summed E-state index contributed by atoms with van der Waals surface area (Å²) in [6.07, 6.45) is 0. The lowest BCUT2D eigenvalue weighted by atomic mass is 10.0. The monoisotopic (exact) mass is 253 g/mol. The lowest BCUT2D eigenvalue weighted by Gasteiger charge is -2.06. The van der Waals surface area contributed by atoms with Crippen LogP contribution in [-0.2, 0) is 0 Å². The average molecular weight is 253 g/mol. The number of hydrogen-bond donors (Lipinski definition) is 1. The first-order chi connectivity index (χ1) is 9.04. The van der Waals surface area contributed by atoms with Crippen molar-refractivity contribution < 1.29 is 4.42 Å². The van der Waals surface area contributed by atoms with Gasteiger partial charge in [0, 0.05) is 11.4 Å². The molecule has 0 fully saturated rings. The van der Waals surface area contributed by atoms with E-state index in [9.17, 15) is 0 Å². The van der Waals surface area contributed by atoms with Gasteiger partial charge in [-0.15, -0.1) is 0 Å². The number of benzene rings is 1. The molecule has 1 aromatic carbocycles. The van der Waals surface area contributed by atoms with Crippen LogP contribution in [0.1, 0.15) is 16.8 Å². The van der Waals surface area contributed by atoms with Crippen LogP contribution < -0.4 is 5.73 Å². The van der Waals surface area contributed by atoms with E-state index in [4.69, 9.17) is 10.2 Å². The standard InChI is InChI=1S/C15H15N3O/c1-8-6-9(2)13(16)11(7-8)15-18-14-12(19-15)5-4-10(3)17-14/h4-7H,16H2,1-3H3. The summed E-state index contributed by atoms with van der Waals surface area (Å²) in [6, 6.07) is 7.82. The van der Waals surface area contributed by atoms with E-state index in [0.29, 0.717) is 22.8 Å². The molecule has 0 aliphatic rings. The summed E-state index contributed by atoms with van der Waals surface area (Å²) in [7, 11) is 0. The van der Waals surface area contributed by atoms with E-state index in [2.05, 4.69) is 9.97 Å². The molecule has 0 amide bonds. The predicted octanol–water partition coefficient (Wildman–Crippen LogP) is 3.40. The molecule has 0 saturated heterocycles. The van der Waals surface area contributed by atoms with E-state index >= 15 is 0 Å². The molecule has 0 atom stereocenters. The third-order valence-electron chi connectivity index (χ3n) is 3.15. The number of nitrogen functional groups attached to an aromatic ring is 1. The zero-order chi connectivity index (χ0) is 13.6. The minimum Gasteiger partial charge on any atom is -0.434 e. The van der Waals surface area contributed by atoms with Gasteiger partial charge in [0.15, 0.2) is 11.2 Å². The maximum absolute atomic E-state index is 6.11. The zero-order valence-corrected chi connectivity index (χ0v) is 11.2. The van der Waals surface area contributed by atoms with E-state index in [1.807, 2.05) is 45.0 Å². The second-order valence-corrected chi connectivity index (χ2v) is 4.84. The quantitative estimate of drug-likeness (QED) is 0.675. The number of aryl methyl sites for hydroxylation is 3. The van der Waals surface area contributed by atoms with E-state index in [-0.39, 0.29) is 0 Å². The molecule has 0 radical (unpaired) electrons. The van der Waals surface area contributed by atoms with Crippen LogP contribution in [0.2, 0.25) is 0 Å². The highest BCUT2D eigenvalue weighted by Gasteiger charge is 2.13. The van der Waals surface area contributed by atoms with Crippen LogP contribution in [0.5, 0.6) is 0 Å². The fraction of sp³-hybridized carbons (Fsp3) is 0.200. The summed E-state index contributed by atoms with van der Waals surface area (Å²) in [6.45, 7) is 5.94. The van der Waals surface area contributed by atoms with Crippen molar-refractivity contribution in [2.24, 2.45) is 0 Å². The number of nitrogens with two attached hydrogens (primary N) is 1. The lowest BCUT2D eigenvalue weighted by molar-refractivity contribution is 0.620. The molecule has 2 aromatic heterocycles. The van der Waals surface area contributed by atoms with Crippen LogP contribution >= 0.6 is 0 Å². The maximum Gasteiger partial charge on any atom is 0.230 e. The Kier molecular flexibility index (Phi) is 2.52. The largest absolute Gasteiger partial charge is 0.434 e. The Morgan fingerprint density at radius 2 is 1.84 bits per heavy atom. The first kappa shape index (κ1) is 11.7. The van der Waals surface area contributed by atoms with Gasteiger partial charge in [-0.2, -0.15) is 4.98 Å². The summed E-state index contributed by atoms with van der Waals surface area (Å²) in [4.78, 5) is 8.78. The minimum absolute atomic E-state index is 0.525. The number of pyridine rings is 1. The fourth-order valence-electron chi connectivity index (χ4n) is 2.18. The molecule has 2 N–H and O–H groups in total. The highest BCUT2D eigenvalue weighted by Crippen LogP contribution is 2.31. The summed E-state index contributed by atoms with van der Waals surface area (Å²) in [5, 5.41) is 0. The number of oxazole rings is 1. The SMILES string of the molecule is Cc1cc(C)c(N)c(-c2nc3nc(C)ccc3o2)c1. The smallest absolute Gasteiger partial charge is 0.230 e. The summed E-state index contributed by atoms with van der Waals surface area (Å²) < 4.78 is 5.75. The summed E-state index contributed by atoms with van der Waals surface area (Å²) in [5.74, 6) is 0.525. The Balaban J connectivity index is 2.24. The maximum atomic E-state index is 6.11. The number of rotatable bonds is 1. The highest BCUT2D eigenvalue weighted by molar-refractivity contribution is 5.79. The second kappa shape index (κ2) is 4.09. The van der Waals surface area contributed by atoms with E-state index < -0.39 is 0 Å². The molecule has 96 valence electrons. The van der Waals surface area contributed by atoms with Crippen molar-refractivity contribution in [3.05, 3.63) is 41.1 Å². The average Bonchev–Trinajstić information content (AvgIpc) is 2.76. The first-order valence-corrected chi connectivity index (χ1v) is 6.16. The molecule has 0 unspecified atom stereocenters. The van der Waals surface area contributed by atoms with Gasteiger partial charge in [-0.05, 0) is 50.1 Å². The number of aromatic nitrogens is 2. The topological polar surface area (TPSA) is 64.9 Å². The Hall–Kier alpha value is -2.36. The zero-order valence-electron chi connectivity index (χ0n) is 11.2. The molecule has 2 heterocycles. The Morgan fingerprint density at radius 1 is 1.05 bits per heavy atom. The minimum atomic E-state index is 0.525. The van der Waals surface area contributed by atoms with Crippen LogP contribution in [0.15, 0.2) is 28.7 Å². The molecule has 0 spiro atoms. The number of nitrogens with zero attached hydrogens (tertiary/aromatic N) is 2. The van der Waals surface area contributed by atoms with E-state index in [1.165, 1.54) is 0 Å². The Labute approximate surface area is 111 Å². The van der Waals surface area contributed by atoms with E-state index in [0.717, 1.165) is 22.4 Å². The molecule has 19 heavy (non-hydrogen) atoms. The van der Waals surface area contributed by atoms with Gasteiger partial charge in [0.05, 0.1) is 5.56 Å². The number of hydrogen-bond acceptors (Lipinski definition) is 4. The van der Waals surface area contributed by atoms with Crippen molar-refractivity contribution in [1.82, 2.24) is 9.97 Å². The van der Waals surface area contributed by atoms with Crippen molar-refractivity contribution in [3.63, 3.8) is 0 Å². The molecule has 4 nitrogen and oxygen atoms in total. The third kappa shape index (κ3) is 1.95. The van der Waals surface area contributed by atoms with Crippen molar-refractivity contribution in [3.8, 4) is 11.5 Å². The van der Waals surface area contributed by atoms with Crippen molar-refractivity contribution >= 4 is 16.9 Å². The number of fused-ring (bicyclic) bond motifs is 1. The van der Waals surface area contributed by atoms with E-state index in [1.54, 1.807) is 0 Å². The molecule has 0 saturated carbocycles. The van der Waals surface area contributed by atoms with Crippen LogP contribution in [0.4, 0.5) is 5.69 Å². The molecule has 3 aromatic rings. The first-order valence-electron chi connectivity index (χ1n) is 6.16. The Morgan fingerprint density at radius 3 is 2.63 bits per heavy atom. The molecule has 0 aliphatic carbocycles. The lowest BCUT2D eigenvalue weighted by Crippen LogP contribution is -1.95. The van der Waals surface area contributed by atoms with Crippen LogP contribution in [0, 0.1) is 20.8 Å². The third-order valence-corrected chi connectivity index (χ3v) is 3.15. The molecular weight excluding hydrogens is 238 g/mol. The predicted molar refractivity (Wildman–Crippen MR) is 75.9 cm³/mol. The van der Waals surface area contributed by atoms with Crippen molar-refractivity contribution in [1.29, 1.82) is 0 Å². The highest BCUT2D eigenvalue weighted by atomic mass is 16.3. The fourth-order valence-corrected chi connectivity index (χ4v) is 2.18. The van der Waals surface area contributed by atoms with Crippen LogP contribution in [0.3, 0.4) is 0 Å². The van der Waals surface area contributed by atoms with Gasteiger partial charge >= 0.3 is 0 Å². The van der Waals surface area contributed by atoms with Crippen molar-refractivity contribution in [2.45, 2.75) is 20.8 Å². The Bertz CT molecular complexity index is 774. The van der Waals surface area contributed by atoms with Crippen LogP contribution in [0.25, 0.3) is 22.7 Å².